The van der Waals surface area contributed by atoms with Crippen molar-refractivity contribution >= 4 is 5.91 Å². The second kappa shape index (κ2) is 11.0. The fourth-order valence-corrected chi connectivity index (χ4v) is 3.85. The van der Waals surface area contributed by atoms with Crippen LogP contribution >= 0.6 is 0 Å². The van der Waals surface area contributed by atoms with E-state index >= 15 is 0 Å². The van der Waals surface area contributed by atoms with Gasteiger partial charge in [0.05, 0.1) is 15.6 Å². The summed E-state index contributed by atoms with van der Waals surface area (Å²) in [5.41, 5.74) is 1.65. The summed E-state index contributed by atoms with van der Waals surface area (Å²) < 4.78 is 29.6. The van der Waals surface area contributed by atoms with Crippen LogP contribution in [-0.2, 0) is 12.9 Å². The lowest BCUT2D eigenvalue weighted by atomic mass is 10.1. The number of carbonyl (C=O) groups is 1. The Balaban J connectivity index is 1.26. The molecule has 0 unspecified atom stereocenters. The van der Waals surface area contributed by atoms with Crippen molar-refractivity contribution in [2.45, 2.75) is 51.1 Å². The lowest BCUT2D eigenvalue weighted by Crippen LogP contribution is -2.32. The first-order valence-corrected chi connectivity index (χ1v) is 12.0. The minimum Gasteiger partial charge on any atom is -0.493 e. The second-order valence-corrected chi connectivity index (χ2v) is 8.58. The van der Waals surface area contributed by atoms with Gasteiger partial charge in [-0.3, -0.25) is 4.79 Å². The van der Waals surface area contributed by atoms with Crippen molar-refractivity contribution in [2.75, 3.05) is 6.61 Å². The Hall–Kier alpha value is -3.94. The molecule has 8 nitrogen and oxygen atoms in total. The van der Waals surface area contributed by atoms with Crippen LogP contribution in [0, 0.1) is 0 Å². The van der Waals surface area contributed by atoms with E-state index < -0.39 is 6.50 Å². The van der Waals surface area contributed by atoms with Crippen molar-refractivity contribution in [3.63, 3.8) is 0 Å². The Bertz CT molecular complexity index is 1290. The number of unbranched alkanes of at least 4 members (excludes halogenated alkanes) is 2. The monoisotopic (exact) mass is 473 g/mol. The summed E-state index contributed by atoms with van der Waals surface area (Å²) in [5, 5.41) is 13.8. The molecule has 1 N–H and O–H groups in total. The fraction of sp³-hybridized carbons (Fsp3) is 0.333. The van der Waals surface area contributed by atoms with E-state index in [1.807, 2.05) is 30.3 Å². The number of hydrogen-bond donors (Lipinski definition) is 1. The van der Waals surface area contributed by atoms with Gasteiger partial charge in [-0.2, -0.15) is 0 Å². The Labute approximate surface area is 207 Å². The van der Waals surface area contributed by atoms with Crippen molar-refractivity contribution in [1.82, 2.24) is 25.5 Å². The van der Waals surface area contributed by atoms with Gasteiger partial charge < -0.3 is 14.1 Å². The standard InChI is InChI=1S/C27H29N5O3/c33-27(21-13-11-20(12-14-21)24-9-6-18-35-24)32(23-15-16-23)19-22-7-3-4-8-25(22)34-17-5-1-2-10-26-28-30-31-29-26/h3-4,6-9,11-14,18,23H,1-2,5,10,15-17,19H2,(H,28,29,30,31)/i19D2. The summed E-state index contributed by atoms with van der Waals surface area (Å²) in [6.07, 6.45) is 6.59. The van der Waals surface area contributed by atoms with Gasteiger partial charge in [0.2, 0.25) is 0 Å². The van der Waals surface area contributed by atoms with Crippen LogP contribution in [0.3, 0.4) is 0 Å². The fourth-order valence-electron chi connectivity index (χ4n) is 3.85. The number of tetrazole rings is 1. The summed E-state index contributed by atoms with van der Waals surface area (Å²) in [7, 11) is 0. The number of furan rings is 1. The summed E-state index contributed by atoms with van der Waals surface area (Å²) in [5.74, 6) is 1.60. The molecule has 1 saturated carbocycles. The zero-order chi connectivity index (χ0) is 25.7. The number of amides is 1. The summed E-state index contributed by atoms with van der Waals surface area (Å²) in [4.78, 5) is 15.0. The topological polar surface area (TPSA) is 97.1 Å². The highest BCUT2D eigenvalue weighted by Gasteiger charge is 2.33. The van der Waals surface area contributed by atoms with E-state index in [-0.39, 0.29) is 11.9 Å². The highest BCUT2D eigenvalue weighted by atomic mass is 16.5. The smallest absolute Gasteiger partial charge is 0.254 e. The molecule has 2 aromatic carbocycles. The summed E-state index contributed by atoms with van der Waals surface area (Å²) in [6.45, 7) is -1.58. The number of hydrogen-bond acceptors (Lipinski definition) is 6. The van der Waals surface area contributed by atoms with Gasteiger partial charge in [-0.15, -0.1) is 5.10 Å². The predicted molar refractivity (Wildman–Crippen MR) is 131 cm³/mol. The van der Waals surface area contributed by atoms with Crippen LogP contribution < -0.4 is 4.74 Å². The first-order chi connectivity index (χ1) is 18.0. The van der Waals surface area contributed by atoms with Gasteiger partial charge in [0.25, 0.3) is 5.91 Å². The molecule has 0 bridgehead atoms. The predicted octanol–water partition coefficient (Wildman–Crippen LogP) is 5.06. The maximum absolute atomic E-state index is 13.6. The van der Waals surface area contributed by atoms with E-state index in [0.717, 1.165) is 55.7 Å². The van der Waals surface area contributed by atoms with E-state index in [1.54, 1.807) is 36.6 Å². The molecule has 180 valence electrons. The third-order valence-corrected chi connectivity index (χ3v) is 5.90. The summed E-state index contributed by atoms with van der Waals surface area (Å²) >= 11 is 0. The molecular weight excluding hydrogens is 442 g/mol. The number of para-hydroxylation sites is 1. The van der Waals surface area contributed by atoms with Crippen molar-refractivity contribution < 1.29 is 16.7 Å². The molecule has 8 heteroatoms. The van der Waals surface area contributed by atoms with E-state index in [2.05, 4.69) is 20.6 Å². The Morgan fingerprint density at radius 1 is 1.09 bits per heavy atom. The molecule has 1 aliphatic rings. The van der Waals surface area contributed by atoms with Crippen molar-refractivity contribution in [3.8, 4) is 17.1 Å². The van der Waals surface area contributed by atoms with Gasteiger partial charge in [-0.25, -0.2) is 5.10 Å². The zero-order valence-electron chi connectivity index (χ0n) is 21.4. The number of nitrogens with zero attached hydrogens (tertiary/aromatic N) is 4. The number of aromatic amines is 1. The average molecular weight is 474 g/mol. The van der Waals surface area contributed by atoms with Crippen molar-refractivity contribution in [1.29, 1.82) is 0 Å². The molecule has 4 aromatic rings. The maximum Gasteiger partial charge on any atom is 0.254 e. The lowest BCUT2D eigenvalue weighted by molar-refractivity contribution is 0.0728. The van der Waals surface area contributed by atoms with E-state index in [0.29, 0.717) is 23.5 Å². The molecule has 2 heterocycles. The molecule has 5 rings (SSSR count). The van der Waals surface area contributed by atoms with Gasteiger partial charge >= 0.3 is 0 Å². The van der Waals surface area contributed by atoms with E-state index in [4.69, 9.17) is 11.9 Å². The third-order valence-electron chi connectivity index (χ3n) is 5.90. The van der Waals surface area contributed by atoms with Crippen LogP contribution in [0.5, 0.6) is 5.75 Å². The number of H-pyrrole nitrogens is 1. The van der Waals surface area contributed by atoms with Gasteiger partial charge in [0.15, 0.2) is 0 Å². The number of rotatable bonds is 12. The van der Waals surface area contributed by atoms with Gasteiger partial charge in [-0.05, 0) is 72.9 Å². The lowest BCUT2D eigenvalue weighted by Gasteiger charge is -2.24. The van der Waals surface area contributed by atoms with Crippen molar-refractivity contribution in [3.05, 3.63) is 83.9 Å². The van der Waals surface area contributed by atoms with Crippen LogP contribution in [0.2, 0.25) is 0 Å². The molecular formula is C27H29N5O3. The molecule has 0 aliphatic heterocycles. The minimum atomic E-state index is -2.03. The summed E-state index contributed by atoms with van der Waals surface area (Å²) in [6, 6.07) is 17.7. The van der Waals surface area contributed by atoms with E-state index in [1.165, 1.54) is 4.90 Å². The van der Waals surface area contributed by atoms with Gasteiger partial charge in [0.1, 0.15) is 17.3 Å². The molecule has 0 spiro atoms. The first kappa shape index (κ1) is 20.4. The second-order valence-electron chi connectivity index (χ2n) is 8.58. The Kier molecular flexibility index (Phi) is 6.42. The number of ether oxygens (including phenoxy) is 1. The quantitative estimate of drug-likeness (QED) is 0.289. The maximum atomic E-state index is 13.6. The van der Waals surface area contributed by atoms with E-state index in [9.17, 15) is 4.79 Å². The largest absolute Gasteiger partial charge is 0.493 e. The van der Waals surface area contributed by atoms with Gasteiger partial charge in [0, 0.05) is 35.6 Å². The molecule has 1 fully saturated rings. The number of aromatic nitrogens is 4. The van der Waals surface area contributed by atoms with Crippen LogP contribution in [0.25, 0.3) is 11.3 Å². The third kappa shape index (κ3) is 5.95. The number of benzene rings is 2. The number of nitrogens with one attached hydrogen (secondary N) is 1. The normalized spacial score (nSPS) is 14.3. The van der Waals surface area contributed by atoms with Crippen LogP contribution in [-0.4, -0.2) is 44.1 Å². The Morgan fingerprint density at radius 2 is 1.94 bits per heavy atom. The van der Waals surface area contributed by atoms with Crippen LogP contribution in [0.1, 0.15) is 56.6 Å². The van der Waals surface area contributed by atoms with Gasteiger partial charge in [-0.1, -0.05) is 30.3 Å². The first-order valence-electron chi connectivity index (χ1n) is 13.0. The number of aryl methyl sites for hydroxylation is 1. The highest BCUT2D eigenvalue weighted by Crippen LogP contribution is 2.32. The van der Waals surface area contributed by atoms with Crippen LogP contribution in [0.4, 0.5) is 0 Å². The zero-order valence-corrected chi connectivity index (χ0v) is 19.4. The average Bonchev–Trinajstić information content (AvgIpc) is 3.34. The SMILES string of the molecule is [2H]C([2H])(c1ccccc1OCCCCCc1nnn[nH]1)N(C(=O)c1ccc(-c2ccco2)cc1)C1CC1. The molecule has 0 saturated heterocycles. The molecule has 1 aliphatic carbocycles. The number of carbonyl (C=O) groups excluding carboxylic acids is 1. The molecule has 0 radical (unpaired) electrons. The molecule has 35 heavy (non-hydrogen) atoms. The molecule has 0 atom stereocenters. The molecule has 2 aromatic heterocycles. The van der Waals surface area contributed by atoms with Crippen molar-refractivity contribution in [2.24, 2.45) is 0 Å². The Morgan fingerprint density at radius 3 is 2.69 bits per heavy atom. The van der Waals surface area contributed by atoms with Crippen LogP contribution in [0.15, 0.2) is 71.3 Å². The highest BCUT2D eigenvalue weighted by molar-refractivity contribution is 5.95. The minimum absolute atomic E-state index is 0.147. The molecule has 1 amide bonds.